The number of furan rings is 1. The molecule has 0 bridgehead atoms. The van der Waals surface area contributed by atoms with Crippen LogP contribution < -0.4 is 5.32 Å². The Bertz CT molecular complexity index is 1180. The monoisotopic (exact) mass is 400 g/mol. The number of nitrogens with zero attached hydrogens (tertiary/aromatic N) is 1. The van der Waals surface area contributed by atoms with E-state index in [0.717, 1.165) is 5.56 Å². The van der Waals surface area contributed by atoms with E-state index in [1.54, 1.807) is 12.1 Å². The van der Waals surface area contributed by atoms with Gasteiger partial charge in [0.2, 0.25) is 0 Å². The largest absolute Gasteiger partial charge is 0.467 e. The van der Waals surface area contributed by atoms with Crippen molar-refractivity contribution in [3.63, 3.8) is 0 Å². The van der Waals surface area contributed by atoms with Gasteiger partial charge in [-0.05, 0) is 30.7 Å². The number of benzene rings is 2. The van der Waals surface area contributed by atoms with E-state index in [1.807, 2.05) is 61.5 Å². The second kappa shape index (κ2) is 8.61. The summed E-state index contributed by atoms with van der Waals surface area (Å²) >= 11 is 0. The number of ether oxygens (including phenoxy) is 1. The van der Waals surface area contributed by atoms with Gasteiger partial charge >= 0.3 is 5.97 Å². The maximum absolute atomic E-state index is 13.0. The molecule has 0 aliphatic rings. The van der Waals surface area contributed by atoms with E-state index < -0.39 is 11.9 Å². The molecule has 0 radical (unpaired) electrons. The fourth-order valence-corrected chi connectivity index (χ4v) is 3.30. The minimum Gasteiger partial charge on any atom is -0.467 e. The van der Waals surface area contributed by atoms with Crippen molar-refractivity contribution < 1.29 is 18.7 Å². The van der Waals surface area contributed by atoms with E-state index in [4.69, 9.17) is 14.1 Å². The van der Waals surface area contributed by atoms with Crippen molar-refractivity contribution >= 4 is 22.8 Å². The van der Waals surface area contributed by atoms with Crippen LogP contribution in [0.4, 0.5) is 0 Å². The van der Waals surface area contributed by atoms with E-state index in [0.29, 0.717) is 33.5 Å². The topological polar surface area (TPSA) is 81.4 Å². The Labute approximate surface area is 173 Å². The first-order valence-corrected chi connectivity index (χ1v) is 9.54. The van der Waals surface area contributed by atoms with E-state index in [9.17, 15) is 9.59 Å². The molecule has 0 fully saturated rings. The molecule has 6 nitrogen and oxygen atoms in total. The molecule has 0 spiro atoms. The van der Waals surface area contributed by atoms with Crippen molar-refractivity contribution in [2.75, 3.05) is 6.61 Å². The molecule has 150 valence electrons. The molecule has 0 aliphatic heterocycles. The number of hydrogen-bond donors (Lipinski definition) is 1. The third kappa shape index (κ3) is 4.07. The van der Waals surface area contributed by atoms with Crippen molar-refractivity contribution in [2.45, 2.75) is 13.5 Å². The molecule has 2 aromatic heterocycles. The van der Waals surface area contributed by atoms with Crippen LogP contribution in [0, 0.1) is 6.92 Å². The second-order valence-electron chi connectivity index (χ2n) is 6.78. The van der Waals surface area contributed by atoms with Crippen molar-refractivity contribution in [3.05, 3.63) is 89.9 Å². The number of amides is 1. The molecule has 1 N–H and O–H groups in total. The normalized spacial score (nSPS) is 10.7. The Morgan fingerprint density at radius 2 is 1.77 bits per heavy atom. The van der Waals surface area contributed by atoms with Crippen LogP contribution >= 0.6 is 0 Å². The predicted molar refractivity (Wildman–Crippen MR) is 113 cm³/mol. The summed E-state index contributed by atoms with van der Waals surface area (Å²) < 4.78 is 10.5. The highest BCUT2D eigenvalue weighted by molar-refractivity contribution is 6.06. The van der Waals surface area contributed by atoms with E-state index in [1.165, 1.54) is 6.26 Å². The Balaban J connectivity index is 1.58. The number of esters is 1. The van der Waals surface area contributed by atoms with Gasteiger partial charge in [-0.1, -0.05) is 48.5 Å². The van der Waals surface area contributed by atoms with Crippen LogP contribution in [-0.4, -0.2) is 23.5 Å². The molecular formula is C24H20N2O4. The molecular weight excluding hydrogens is 380 g/mol. The number of hydrogen-bond acceptors (Lipinski definition) is 5. The standard InChI is InChI=1S/C24H20N2O4/c1-16-22(24(28)30-15-21(27)25-14-18-10-7-13-29-18)19-11-5-6-12-20(19)26-23(16)17-8-3-2-4-9-17/h2-13H,14-15H2,1H3,(H,25,27). The van der Waals surface area contributed by atoms with Crippen molar-refractivity contribution in [1.82, 2.24) is 10.3 Å². The fraction of sp³-hybridized carbons (Fsp3) is 0.125. The van der Waals surface area contributed by atoms with Gasteiger partial charge in [0.1, 0.15) is 5.76 Å². The lowest BCUT2D eigenvalue weighted by molar-refractivity contribution is -0.124. The zero-order valence-electron chi connectivity index (χ0n) is 16.4. The van der Waals surface area contributed by atoms with Crippen LogP contribution in [0.3, 0.4) is 0 Å². The van der Waals surface area contributed by atoms with Gasteiger partial charge in [0.05, 0.1) is 29.6 Å². The third-order valence-electron chi connectivity index (χ3n) is 4.76. The molecule has 0 saturated heterocycles. The zero-order valence-corrected chi connectivity index (χ0v) is 16.4. The summed E-state index contributed by atoms with van der Waals surface area (Å²) in [4.78, 5) is 29.8. The molecule has 1 amide bonds. The van der Waals surface area contributed by atoms with E-state index in [-0.39, 0.29) is 13.2 Å². The van der Waals surface area contributed by atoms with Crippen molar-refractivity contribution in [1.29, 1.82) is 0 Å². The SMILES string of the molecule is Cc1c(-c2ccccc2)nc2ccccc2c1C(=O)OCC(=O)NCc1ccco1. The number of para-hydroxylation sites is 1. The summed E-state index contributed by atoms with van der Waals surface area (Å²) in [5.41, 5.74) is 3.44. The fourth-order valence-electron chi connectivity index (χ4n) is 3.30. The molecule has 2 aromatic carbocycles. The number of aromatic nitrogens is 1. The molecule has 0 unspecified atom stereocenters. The average Bonchev–Trinajstić information content (AvgIpc) is 3.30. The quantitative estimate of drug-likeness (QED) is 0.489. The van der Waals surface area contributed by atoms with Gasteiger partial charge < -0.3 is 14.5 Å². The lowest BCUT2D eigenvalue weighted by Crippen LogP contribution is -2.28. The van der Waals surface area contributed by atoms with Crippen molar-refractivity contribution in [3.8, 4) is 11.3 Å². The predicted octanol–water partition coefficient (Wildman–Crippen LogP) is 4.28. The Kier molecular flexibility index (Phi) is 5.57. The number of nitrogens with one attached hydrogen (secondary N) is 1. The summed E-state index contributed by atoms with van der Waals surface area (Å²) in [7, 11) is 0. The van der Waals surface area contributed by atoms with Gasteiger partial charge in [-0.3, -0.25) is 4.79 Å². The summed E-state index contributed by atoms with van der Waals surface area (Å²) in [6.07, 6.45) is 1.53. The first kappa shape index (κ1) is 19.4. The lowest BCUT2D eigenvalue weighted by atomic mass is 9.98. The second-order valence-corrected chi connectivity index (χ2v) is 6.78. The molecule has 4 aromatic rings. The van der Waals surface area contributed by atoms with Crippen LogP contribution in [0.15, 0.2) is 77.4 Å². The van der Waals surface area contributed by atoms with Gasteiger partial charge in [0, 0.05) is 10.9 Å². The van der Waals surface area contributed by atoms with Crippen LogP contribution in [0.2, 0.25) is 0 Å². The number of carbonyl (C=O) groups excluding carboxylic acids is 2. The molecule has 2 heterocycles. The number of pyridine rings is 1. The Hall–Kier alpha value is -3.93. The molecule has 0 aliphatic carbocycles. The molecule has 0 atom stereocenters. The first-order chi connectivity index (χ1) is 14.6. The van der Waals surface area contributed by atoms with Crippen LogP contribution in [0.25, 0.3) is 22.2 Å². The average molecular weight is 400 g/mol. The maximum Gasteiger partial charge on any atom is 0.339 e. The van der Waals surface area contributed by atoms with E-state index in [2.05, 4.69) is 5.32 Å². The third-order valence-corrected chi connectivity index (χ3v) is 4.76. The van der Waals surface area contributed by atoms with Crippen LogP contribution in [0.5, 0.6) is 0 Å². The first-order valence-electron chi connectivity index (χ1n) is 9.54. The number of rotatable bonds is 6. The van der Waals surface area contributed by atoms with Crippen LogP contribution in [-0.2, 0) is 16.1 Å². The van der Waals surface area contributed by atoms with Gasteiger partial charge in [0.15, 0.2) is 6.61 Å². The van der Waals surface area contributed by atoms with Gasteiger partial charge in [0.25, 0.3) is 5.91 Å². The minimum atomic E-state index is -0.559. The van der Waals surface area contributed by atoms with E-state index >= 15 is 0 Å². The van der Waals surface area contributed by atoms with Gasteiger partial charge in [-0.15, -0.1) is 0 Å². The highest BCUT2D eigenvalue weighted by Crippen LogP contribution is 2.30. The lowest BCUT2D eigenvalue weighted by Gasteiger charge is -2.14. The molecule has 0 saturated carbocycles. The zero-order chi connectivity index (χ0) is 20.9. The smallest absolute Gasteiger partial charge is 0.339 e. The highest BCUT2D eigenvalue weighted by atomic mass is 16.5. The summed E-state index contributed by atoms with van der Waals surface area (Å²) in [6, 6.07) is 20.6. The minimum absolute atomic E-state index is 0.235. The summed E-state index contributed by atoms with van der Waals surface area (Å²) in [5, 5.41) is 3.35. The van der Waals surface area contributed by atoms with Crippen molar-refractivity contribution in [2.24, 2.45) is 0 Å². The molecule has 30 heavy (non-hydrogen) atoms. The van der Waals surface area contributed by atoms with Gasteiger partial charge in [-0.2, -0.15) is 0 Å². The maximum atomic E-state index is 13.0. The summed E-state index contributed by atoms with van der Waals surface area (Å²) in [5.74, 6) is -0.339. The molecule has 6 heteroatoms. The highest BCUT2D eigenvalue weighted by Gasteiger charge is 2.20. The number of carbonyl (C=O) groups is 2. The molecule has 4 rings (SSSR count). The van der Waals surface area contributed by atoms with Gasteiger partial charge in [-0.25, -0.2) is 9.78 Å². The number of fused-ring (bicyclic) bond motifs is 1. The Morgan fingerprint density at radius 1 is 1.00 bits per heavy atom. The van der Waals surface area contributed by atoms with Crippen LogP contribution in [0.1, 0.15) is 21.7 Å². The summed E-state index contributed by atoms with van der Waals surface area (Å²) in [6.45, 7) is 1.70. The Morgan fingerprint density at radius 3 is 2.53 bits per heavy atom.